The maximum absolute atomic E-state index is 11.0. The Labute approximate surface area is 126 Å². The highest BCUT2D eigenvalue weighted by Gasteiger charge is 2.32. The van der Waals surface area contributed by atoms with E-state index in [9.17, 15) is 14.9 Å². The van der Waals surface area contributed by atoms with Crippen LogP contribution in [-0.2, 0) is 10.5 Å². The molecule has 0 aliphatic heterocycles. The summed E-state index contributed by atoms with van der Waals surface area (Å²) in [6, 6.07) is 3.28. The fourth-order valence-corrected chi connectivity index (χ4v) is 2.68. The molecule has 0 amide bonds. The van der Waals surface area contributed by atoms with Crippen LogP contribution in [0.2, 0.25) is 0 Å². The first-order valence-corrected chi connectivity index (χ1v) is 7.11. The molecule has 21 heavy (non-hydrogen) atoms. The molecule has 0 fully saturated rings. The smallest absolute Gasteiger partial charge is 0.321 e. The zero-order valence-electron chi connectivity index (χ0n) is 12.0. The van der Waals surface area contributed by atoms with Gasteiger partial charge in [0.05, 0.1) is 12.0 Å². The summed E-state index contributed by atoms with van der Waals surface area (Å²) in [6.45, 7) is 3.45. The van der Waals surface area contributed by atoms with Gasteiger partial charge in [0.2, 0.25) is 0 Å². The van der Waals surface area contributed by atoms with Crippen molar-refractivity contribution >= 4 is 23.4 Å². The number of nitrogens with zero attached hydrogens (tertiary/aromatic N) is 1. The maximum atomic E-state index is 11.0. The van der Waals surface area contributed by atoms with Crippen LogP contribution in [-0.4, -0.2) is 33.9 Å². The van der Waals surface area contributed by atoms with Gasteiger partial charge < -0.3 is 15.6 Å². The number of nitro groups is 1. The summed E-state index contributed by atoms with van der Waals surface area (Å²) >= 11 is 1.31. The molecule has 0 saturated heterocycles. The standard InChI is InChI=1S/C13H18N2O5S/c1-13(2,11(14)12(16)17)21-7-8-6-9(15(18)19)4-5-10(8)20-3/h4-6,11H,7,14H2,1-3H3,(H,16,17)/t11-/m1/s1. The summed E-state index contributed by atoms with van der Waals surface area (Å²) in [4.78, 5) is 21.3. The molecule has 0 radical (unpaired) electrons. The van der Waals surface area contributed by atoms with Crippen LogP contribution in [0.1, 0.15) is 19.4 Å². The monoisotopic (exact) mass is 314 g/mol. The summed E-state index contributed by atoms with van der Waals surface area (Å²) in [6.07, 6.45) is 0. The number of rotatable bonds is 7. The molecule has 8 heteroatoms. The minimum atomic E-state index is -1.08. The Kier molecular flexibility index (Phi) is 5.56. The first-order valence-electron chi connectivity index (χ1n) is 6.12. The SMILES string of the molecule is COc1ccc([N+](=O)[O-])cc1CSC(C)(C)[C@H](N)C(=O)O. The lowest BCUT2D eigenvalue weighted by Gasteiger charge is -2.28. The molecule has 1 rings (SSSR count). The molecule has 0 aliphatic rings. The number of hydrogen-bond acceptors (Lipinski definition) is 6. The average Bonchev–Trinajstić information content (AvgIpc) is 2.43. The third kappa shape index (κ3) is 4.33. The number of nitro benzene ring substituents is 1. The highest BCUT2D eigenvalue weighted by atomic mass is 32.2. The Morgan fingerprint density at radius 2 is 2.19 bits per heavy atom. The Bertz CT molecular complexity index is 547. The van der Waals surface area contributed by atoms with Crippen molar-refractivity contribution in [3.05, 3.63) is 33.9 Å². The summed E-state index contributed by atoms with van der Waals surface area (Å²) < 4.78 is 4.45. The van der Waals surface area contributed by atoms with Gasteiger partial charge in [-0.25, -0.2) is 0 Å². The number of nitrogens with two attached hydrogens (primary N) is 1. The summed E-state index contributed by atoms with van der Waals surface area (Å²) in [5.74, 6) is -0.204. The lowest BCUT2D eigenvalue weighted by Crippen LogP contribution is -2.46. The minimum absolute atomic E-state index is 0.0354. The number of thioether (sulfide) groups is 1. The van der Waals surface area contributed by atoms with E-state index in [0.29, 0.717) is 17.1 Å². The lowest BCUT2D eigenvalue weighted by atomic mass is 10.1. The zero-order valence-corrected chi connectivity index (χ0v) is 12.8. The maximum Gasteiger partial charge on any atom is 0.321 e. The highest BCUT2D eigenvalue weighted by molar-refractivity contribution is 7.99. The van der Waals surface area contributed by atoms with Crippen molar-refractivity contribution in [2.45, 2.75) is 30.4 Å². The Morgan fingerprint density at radius 1 is 1.57 bits per heavy atom. The molecule has 1 aromatic carbocycles. The third-order valence-electron chi connectivity index (χ3n) is 3.09. The van der Waals surface area contributed by atoms with Gasteiger partial charge in [-0.05, 0) is 19.9 Å². The number of hydrogen-bond donors (Lipinski definition) is 2. The summed E-state index contributed by atoms with van der Waals surface area (Å²) in [5.41, 5.74) is 6.24. The minimum Gasteiger partial charge on any atom is -0.496 e. The quantitative estimate of drug-likeness (QED) is 0.584. The van der Waals surface area contributed by atoms with E-state index in [0.717, 1.165) is 0 Å². The van der Waals surface area contributed by atoms with Crippen LogP contribution in [0.25, 0.3) is 0 Å². The van der Waals surface area contributed by atoms with Crippen molar-refractivity contribution in [2.75, 3.05) is 7.11 Å². The zero-order chi connectivity index (χ0) is 16.2. The highest BCUT2D eigenvalue weighted by Crippen LogP contribution is 2.34. The number of benzene rings is 1. The normalized spacial score (nSPS) is 12.8. The van der Waals surface area contributed by atoms with Crippen molar-refractivity contribution in [3.8, 4) is 5.75 Å². The average molecular weight is 314 g/mol. The molecule has 116 valence electrons. The Morgan fingerprint density at radius 3 is 2.67 bits per heavy atom. The van der Waals surface area contributed by atoms with Gasteiger partial charge in [0.25, 0.3) is 5.69 Å². The molecule has 0 saturated carbocycles. The van der Waals surface area contributed by atoms with Crippen LogP contribution < -0.4 is 10.5 Å². The largest absolute Gasteiger partial charge is 0.496 e. The van der Waals surface area contributed by atoms with E-state index < -0.39 is 21.7 Å². The van der Waals surface area contributed by atoms with Gasteiger partial charge in [-0.3, -0.25) is 14.9 Å². The number of carboxylic acid groups (broad SMARTS) is 1. The summed E-state index contributed by atoms with van der Waals surface area (Å²) in [7, 11) is 1.48. The number of non-ortho nitro benzene ring substituents is 1. The van der Waals surface area contributed by atoms with Gasteiger partial charge in [-0.2, -0.15) is 0 Å². The molecule has 0 aromatic heterocycles. The van der Waals surface area contributed by atoms with Gasteiger partial charge in [-0.15, -0.1) is 11.8 Å². The lowest BCUT2D eigenvalue weighted by molar-refractivity contribution is -0.384. The first-order chi connectivity index (χ1) is 9.69. The molecular formula is C13H18N2O5S. The van der Waals surface area contributed by atoms with Crippen molar-refractivity contribution in [3.63, 3.8) is 0 Å². The molecule has 3 N–H and O–H groups in total. The summed E-state index contributed by atoms with van der Waals surface area (Å²) in [5, 5.41) is 19.8. The Balaban J connectivity index is 2.94. The van der Waals surface area contributed by atoms with Crippen LogP contribution >= 0.6 is 11.8 Å². The predicted molar refractivity (Wildman–Crippen MR) is 80.6 cm³/mol. The van der Waals surface area contributed by atoms with Gasteiger partial charge in [0.15, 0.2) is 0 Å². The first kappa shape index (κ1) is 17.3. The molecule has 0 unspecified atom stereocenters. The molecule has 7 nitrogen and oxygen atoms in total. The second kappa shape index (κ2) is 6.77. The number of aliphatic carboxylic acids is 1. The van der Waals surface area contributed by atoms with Crippen molar-refractivity contribution in [1.82, 2.24) is 0 Å². The van der Waals surface area contributed by atoms with E-state index in [1.54, 1.807) is 13.8 Å². The second-order valence-corrected chi connectivity index (χ2v) is 6.59. The van der Waals surface area contributed by atoms with Gasteiger partial charge in [0, 0.05) is 28.2 Å². The molecule has 0 spiro atoms. The molecule has 1 aromatic rings. The topological polar surface area (TPSA) is 116 Å². The molecule has 0 bridgehead atoms. The Hall–Kier alpha value is -1.80. The van der Waals surface area contributed by atoms with Crippen molar-refractivity contribution < 1.29 is 19.6 Å². The third-order valence-corrected chi connectivity index (χ3v) is 4.54. The molecule has 1 atom stereocenters. The van der Waals surface area contributed by atoms with E-state index in [4.69, 9.17) is 15.6 Å². The number of carboxylic acids is 1. The second-order valence-electron chi connectivity index (χ2n) is 4.96. The predicted octanol–water partition coefficient (Wildman–Crippen LogP) is 2.03. The van der Waals surface area contributed by atoms with Gasteiger partial charge >= 0.3 is 5.97 Å². The van der Waals surface area contributed by atoms with Crippen LogP contribution in [0.15, 0.2) is 18.2 Å². The van der Waals surface area contributed by atoms with E-state index in [2.05, 4.69) is 0 Å². The van der Waals surface area contributed by atoms with Crippen LogP contribution in [0.3, 0.4) is 0 Å². The van der Waals surface area contributed by atoms with E-state index in [1.807, 2.05) is 0 Å². The number of ether oxygens (including phenoxy) is 1. The van der Waals surface area contributed by atoms with Crippen LogP contribution in [0, 0.1) is 10.1 Å². The van der Waals surface area contributed by atoms with Crippen molar-refractivity contribution in [2.24, 2.45) is 5.73 Å². The van der Waals surface area contributed by atoms with E-state index >= 15 is 0 Å². The number of carbonyl (C=O) groups is 1. The number of methoxy groups -OCH3 is 1. The molecule has 0 aliphatic carbocycles. The van der Waals surface area contributed by atoms with Crippen LogP contribution in [0.4, 0.5) is 5.69 Å². The fraction of sp³-hybridized carbons (Fsp3) is 0.462. The van der Waals surface area contributed by atoms with E-state index in [1.165, 1.54) is 37.1 Å². The molecule has 0 heterocycles. The van der Waals surface area contributed by atoms with Gasteiger partial charge in [-0.1, -0.05) is 0 Å². The van der Waals surface area contributed by atoms with Crippen LogP contribution in [0.5, 0.6) is 5.75 Å². The van der Waals surface area contributed by atoms with Crippen molar-refractivity contribution in [1.29, 1.82) is 0 Å². The van der Waals surface area contributed by atoms with Gasteiger partial charge in [0.1, 0.15) is 11.8 Å². The molecular weight excluding hydrogens is 296 g/mol. The van der Waals surface area contributed by atoms with E-state index in [-0.39, 0.29) is 5.69 Å². The fourth-order valence-electron chi connectivity index (χ4n) is 1.64.